The second kappa shape index (κ2) is 10.6. The van der Waals surface area contributed by atoms with Crippen molar-refractivity contribution in [2.24, 2.45) is 0 Å². The number of aliphatic hydroxyl groups is 1. The first-order valence-electron chi connectivity index (χ1n) is 7.76. The van der Waals surface area contributed by atoms with Crippen LogP contribution in [0.2, 0.25) is 0 Å². The highest BCUT2D eigenvalue weighted by Gasteiger charge is 2.08. The molecule has 0 aliphatic heterocycles. The van der Waals surface area contributed by atoms with Crippen LogP contribution in [0, 0.1) is 6.92 Å². The number of rotatable bonds is 11. The Balaban J connectivity index is 2.10. The summed E-state index contributed by atoms with van der Waals surface area (Å²) >= 11 is 0. The number of hydrogen-bond acceptors (Lipinski definition) is 4. The van der Waals surface area contributed by atoms with Gasteiger partial charge in [0, 0.05) is 26.3 Å². The molecule has 0 saturated carbocycles. The Morgan fingerprint density at radius 2 is 2.00 bits per heavy atom. The van der Waals surface area contributed by atoms with Gasteiger partial charge in [0.2, 0.25) is 0 Å². The van der Waals surface area contributed by atoms with Crippen molar-refractivity contribution in [2.45, 2.75) is 32.8 Å². The normalized spacial score (nSPS) is 12.6. The SMILES string of the molecule is CCOCCC(O)CN(C)CCCOc1ccccc1C. The summed E-state index contributed by atoms with van der Waals surface area (Å²) in [5.41, 5.74) is 1.16. The van der Waals surface area contributed by atoms with Crippen molar-refractivity contribution in [1.82, 2.24) is 4.90 Å². The van der Waals surface area contributed by atoms with E-state index in [0.717, 1.165) is 24.3 Å². The number of aliphatic hydroxyl groups excluding tert-OH is 1. The molecule has 0 radical (unpaired) electrons. The van der Waals surface area contributed by atoms with Crippen LogP contribution < -0.4 is 4.74 Å². The zero-order chi connectivity index (χ0) is 15.5. The molecule has 0 saturated heterocycles. The van der Waals surface area contributed by atoms with Crippen molar-refractivity contribution in [2.75, 3.05) is 40.0 Å². The quantitative estimate of drug-likeness (QED) is 0.637. The molecule has 1 aromatic carbocycles. The smallest absolute Gasteiger partial charge is 0.122 e. The molecule has 0 aromatic heterocycles. The first kappa shape index (κ1) is 18.0. The van der Waals surface area contributed by atoms with Gasteiger partial charge in [-0.05, 0) is 45.4 Å². The van der Waals surface area contributed by atoms with Crippen LogP contribution in [0.1, 0.15) is 25.3 Å². The van der Waals surface area contributed by atoms with Crippen molar-refractivity contribution in [3.05, 3.63) is 29.8 Å². The molecular formula is C17H29NO3. The lowest BCUT2D eigenvalue weighted by Crippen LogP contribution is -2.31. The second-order valence-electron chi connectivity index (χ2n) is 5.37. The van der Waals surface area contributed by atoms with Gasteiger partial charge in [-0.3, -0.25) is 0 Å². The number of likely N-dealkylation sites (N-methyl/N-ethyl adjacent to an activating group) is 1. The zero-order valence-electron chi connectivity index (χ0n) is 13.5. The molecule has 1 unspecified atom stereocenters. The Hall–Kier alpha value is -1.10. The van der Waals surface area contributed by atoms with Crippen LogP contribution in [-0.2, 0) is 4.74 Å². The topological polar surface area (TPSA) is 41.9 Å². The highest BCUT2D eigenvalue weighted by Crippen LogP contribution is 2.16. The molecule has 1 atom stereocenters. The summed E-state index contributed by atoms with van der Waals surface area (Å²) in [5, 5.41) is 9.86. The molecule has 0 heterocycles. The molecule has 0 aliphatic carbocycles. The summed E-state index contributed by atoms with van der Waals surface area (Å²) in [6.07, 6.45) is 1.32. The molecule has 120 valence electrons. The molecule has 0 fully saturated rings. The lowest BCUT2D eigenvalue weighted by molar-refractivity contribution is 0.0683. The van der Waals surface area contributed by atoms with Gasteiger partial charge in [-0.2, -0.15) is 0 Å². The first-order chi connectivity index (χ1) is 10.1. The fourth-order valence-corrected chi connectivity index (χ4v) is 2.14. The van der Waals surface area contributed by atoms with Crippen LogP contribution in [0.3, 0.4) is 0 Å². The largest absolute Gasteiger partial charge is 0.493 e. The molecule has 1 N–H and O–H groups in total. The van der Waals surface area contributed by atoms with E-state index >= 15 is 0 Å². The van der Waals surface area contributed by atoms with Gasteiger partial charge in [-0.1, -0.05) is 18.2 Å². The van der Waals surface area contributed by atoms with Crippen LogP contribution in [0.15, 0.2) is 24.3 Å². The number of benzene rings is 1. The minimum Gasteiger partial charge on any atom is -0.493 e. The number of para-hydroxylation sites is 1. The molecule has 21 heavy (non-hydrogen) atoms. The van der Waals surface area contributed by atoms with Gasteiger partial charge in [-0.15, -0.1) is 0 Å². The van der Waals surface area contributed by atoms with Crippen molar-refractivity contribution in [3.8, 4) is 5.75 Å². The van der Waals surface area contributed by atoms with Crippen LogP contribution in [-0.4, -0.2) is 56.1 Å². The predicted molar refractivity (Wildman–Crippen MR) is 85.9 cm³/mol. The third-order valence-corrected chi connectivity index (χ3v) is 3.36. The average Bonchev–Trinajstić information content (AvgIpc) is 2.45. The lowest BCUT2D eigenvalue weighted by Gasteiger charge is -2.20. The van der Waals surface area contributed by atoms with Crippen LogP contribution >= 0.6 is 0 Å². The summed E-state index contributed by atoms with van der Waals surface area (Å²) in [4.78, 5) is 2.14. The number of nitrogens with zero attached hydrogens (tertiary/aromatic N) is 1. The minimum absolute atomic E-state index is 0.321. The number of hydrogen-bond donors (Lipinski definition) is 1. The van der Waals surface area contributed by atoms with E-state index < -0.39 is 0 Å². The molecular weight excluding hydrogens is 266 g/mol. The Kier molecular flexibility index (Phi) is 9.06. The van der Waals surface area contributed by atoms with Gasteiger partial charge >= 0.3 is 0 Å². The van der Waals surface area contributed by atoms with E-state index in [9.17, 15) is 5.11 Å². The third kappa shape index (κ3) is 8.05. The molecule has 0 spiro atoms. The molecule has 4 heteroatoms. The summed E-state index contributed by atoms with van der Waals surface area (Å²) in [6, 6.07) is 8.05. The van der Waals surface area contributed by atoms with Gasteiger partial charge in [0.15, 0.2) is 0 Å². The van der Waals surface area contributed by atoms with E-state index in [0.29, 0.717) is 32.8 Å². The number of ether oxygens (including phenoxy) is 2. The maximum atomic E-state index is 9.86. The van der Waals surface area contributed by atoms with Crippen molar-refractivity contribution in [3.63, 3.8) is 0 Å². The van der Waals surface area contributed by atoms with E-state index in [-0.39, 0.29) is 6.10 Å². The van der Waals surface area contributed by atoms with Gasteiger partial charge in [0.1, 0.15) is 5.75 Å². The summed E-state index contributed by atoms with van der Waals surface area (Å²) in [5.74, 6) is 0.955. The molecule has 0 bridgehead atoms. The van der Waals surface area contributed by atoms with Crippen molar-refractivity contribution in [1.29, 1.82) is 0 Å². The highest BCUT2D eigenvalue weighted by atomic mass is 16.5. The van der Waals surface area contributed by atoms with Crippen LogP contribution in [0.4, 0.5) is 0 Å². The van der Waals surface area contributed by atoms with E-state index in [1.807, 2.05) is 32.2 Å². The van der Waals surface area contributed by atoms with E-state index in [1.165, 1.54) is 0 Å². The lowest BCUT2D eigenvalue weighted by atomic mass is 10.2. The van der Waals surface area contributed by atoms with Crippen LogP contribution in [0.25, 0.3) is 0 Å². The van der Waals surface area contributed by atoms with Crippen molar-refractivity contribution >= 4 is 0 Å². The number of aryl methyl sites for hydroxylation is 1. The van der Waals surface area contributed by atoms with Crippen molar-refractivity contribution < 1.29 is 14.6 Å². The average molecular weight is 295 g/mol. The van der Waals surface area contributed by atoms with E-state index in [1.54, 1.807) is 0 Å². The summed E-state index contributed by atoms with van der Waals surface area (Å²) in [7, 11) is 2.03. The maximum Gasteiger partial charge on any atom is 0.122 e. The standard InChI is InChI=1S/C17H29NO3/c1-4-20-13-10-16(19)14-18(3)11-7-12-21-17-9-6-5-8-15(17)2/h5-6,8-9,16,19H,4,7,10-14H2,1-3H3. The predicted octanol–water partition coefficient (Wildman–Crippen LogP) is 2.48. The van der Waals surface area contributed by atoms with Crippen LogP contribution in [0.5, 0.6) is 5.75 Å². The second-order valence-corrected chi connectivity index (χ2v) is 5.37. The Labute approximate surface area is 128 Å². The molecule has 0 amide bonds. The fraction of sp³-hybridized carbons (Fsp3) is 0.647. The van der Waals surface area contributed by atoms with E-state index in [4.69, 9.17) is 9.47 Å². The fourth-order valence-electron chi connectivity index (χ4n) is 2.14. The van der Waals surface area contributed by atoms with Gasteiger partial charge in [0.25, 0.3) is 0 Å². The Morgan fingerprint density at radius 3 is 2.71 bits per heavy atom. The monoisotopic (exact) mass is 295 g/mol. The first-order valence-corrected chi connectivity index (χ1v) is 7.76. The third-order valence-electron chi connectivity index (χ3n) is 3.36. The van der Waals surface area contributed by atoms with E-state index in [2.05, 4.69) is 17.9 Å². The summed E-state index contributed by atoms with van der Waals surface area (Å²) in [6.45, 7) is 7.64. The Bertz CT molecular complexity index is 384. The minimum atomic E-state index is -0.321. The molecule has 1 aromatic rings. The maximum absolute atomic E-state index is 9.86. The zero-order valence-corrected chi connectivity index (χ0v) is 13.5. The summed E-state index contributed by atoms with van der Waals surface area (Å²) < 4.78 is 11.0. The van der Waals surface area contributed by atoms with Gasteiger partial charge in [0.05, 0.1) is 12.7 Å². The Morgan fingerprint density at radius 1 is 1.24 bits per heavy atom. The molecule has 0 aliphatic rings. The highest BCUT2D eigenvalue weighted by molar-refractivity contribution is 5.31. The molecule has 1 rings (SSSR count). The molecule has 4 nitrogen and oxygen atoms in total. The van der Waals surface area contributed by atoms with Gasteiger partial charge in [-0.25, -0.2) is 0 Å². The van der Waals surface area contributed by atoms with Gasteiger partial charge < -0.3 is 19.5 Å².